The van der Waals surface area contributed by atoms with Crippen LogP contribution < -0.4 is 0 Å². The van der Waals surface area contributed by atoms with Crippen LogP contribution in [0.3, 0.4) is 0 Å². The van der Waals surface area contributed by atoms with Gasteiger partial charge in [-0.15, -0.1) is 0 Å². The van der Waals surface area contributed by atoms with Gasteiger partial charge >= 0.3 is 0 Å². The zero-order valence-electron chi connectivity index (χ0n) is 14.1. The van der Waals surface area contributed by atoms with Crippen LogP contribution in [0, 0.1) is 5.92 Å². The number of amides is 1. The lowest BCUT2D eigenvalue weighted by Crippen LogP contribution is -2.46. The zero-order chi connectivity index (χ0) is 16.1. The van der Waals surface area contributed by atoms with Gasteiger partial charge in [0, 0.05) is 31.6 Å². The van der Waals surface area contributed by atoms with Crippen molar-refractivity contribution in [2.75, 3.05) is 13.2 Å². The number of nitrogens with zero attached hydrogens (tertiary/aromatic N) is 2. The molecule has 0 unspecified atom stereocenters. The molecule has 1 aromatic heterocycles. The highest BCUT2D eigenvalue weighted by Gasteiger charge is 2.30. The van der Waals surface area contributed by atoms with Crippen molar-refractivity contribution in [3.8, 4) is 0 Å². The smallest absolute Gasteiger partial charge is 0.227 e. The van der Waals surface area contributed by atoms with E-state index in [2.05, 4.69) is 16.8 Å². The standard InChI is InChI=1S/C19H28N2O2/c1-15-6-8-17(9-7-15)21(14-18-5-3-11-23-18)19(22)12-16-4-2-10-20-13-16/h2,4,10,13,15,17-18H,3,5-9,11-12,14H2,1H3/t15?,17?,18-/m0/s1. The molecule has 2 fully saturated rings. The highest BCUT2D eigenvalue weighted by molar-refractivity contribution is 5.79. The second-order valence-electron chi connectivity index (χ2n) is 7.13. The molecule has 0 radical (unpaired) electrons. The van der Waals surface area contributed by atoms with Crippen LogP contribution in [-0.2, 0) is 16.0 Å². The Hall–Kier alpha value is -1.42. The maximum Gasteiger partial charge on any atom is 0.227 e. The summed E-state index contributed by atoms with van der Waals surface area (Å²) in [7, 11) is 0. The molecule has 4 nitrogen and oxygen atoms in total. The first kappa shape index (κ1) is 16.4. The Morgan fingerprint density at radius 2 is 2.13 bits per heavy atom. The number of rotatable bonds is 5. The van der Waals surface area contributed by atoms with Crippen LogP contribution in [0.4, 0.5) is 0 Å². The average molecular weight is 316 g/mol. The third-order valence-electron chi connectivity index (χ3n) is 5.25. The normalized spacial score (nSPS) is 27.8. The van der Waals surface area contributed by atoms with Crippen molar-refractivity contribution in [3.05, 3.63) is 30.1 Å². The van der Waals surface area contributed by atoms with Crippen molar-refractivity contribution in [3.63, 3.8) is 0 Å². The summed E-state index contributed by atoms with van der Waals surface area (Å²) in [6.45, 7) is 3.92. The highest BCUT2D eigenvalue weighted by atomic mass is 16.5. The Labute approximate surface area is 139 Å². The molecule has 23 heavy (non-hydrogen) atoms. The lowest BCUT2D eigenvalue weighted by Gasteiger charge is -2.37. The fraction of sp³-hybridized carbons (Fsp3) is 0.684. The maximum absolute atomic E-state index is 12.9. The summed E-state index contributed by atoms with van der Waals surface area (Å²) in [5.74, 6) is 1.03. The minimum Gasteiger partial charge on any atom is -0.376 e. The van der Waals surface area contributed by atoms with Gasteiger partial charge in [-0.2, -0.15) is 0 Å². The van der Waals surface area contributed by atoms with E-state index in [9.17, 15) is 4.79 Å². The van der Waals surface area contributed by atoms with E-state index in [1.807, 2.05) is 12.1 Å². The summed E-state index contributed by atoms with van der Waals surface area (Å²) >= 11 is 0. The molecule has 2 aliphatic rings. The van der Waals surface area contributed by atoms with Gasteiger partial charge in [0.25, 0.3) is 0 Å². The number of hydrogen-bond acceptors (Lipinski definition) is 3. The van der Waals surface area contributed by atoms with Crippen molar-refractivity contribution in [2.45, 2.75) is 64.0 Å². The van der Waals surface area contributed by atoms with E-state index in [4.69, 9.17) is 4.74 Å². The Morgan fingerprint density at radius 1 is 1.30 bits per heavy atom. The van der Waals surface area contributed by atoms with Crippen LogP contribution >= 0.6 is 0 Å². The topological polar surface area (TPSA) is 42.4 Å². The largest absolute Gasteiger partial charge is 0.376 e. The molecule has 0 spiro atoms. The van der Waals surface area contributed by atoms with Gasteiger partial charge in [-0.1, -0.05) is 13.0 Å². The Kier molecular flexibility index (Phi) is 5.65. The van der Waals surface area contributed by atoms with Crippen LogP contribution in [0.2, 0.25) is 0 Å². The Morgan fingerprint density at radius 3 is 2.78 bits per heavy atom. The van der Waals surface area contributed by atoms with Crippen LogP contribution in [-0.4, -0.2) is 41.1 Å². The Balaban J connectivity index is 1.66. The number of hydrogen-bond donors (Lipinski definition) is 0. The third-order valence-corrected chi connectivity index (χ3v) is 5.25. The molecule has 0 N–H and O–H groups in total. The monoisotopic (exact) mass is 316 g/mol. The number of carbonyl (C=O) groups is 1. The van der Waals surface area contributed by atoms with Gasteiger partial charge in [0.1, 0.15) is 0 Å². The van der Waals surface area contributed by atoms with Crippen LogP contribution in [0.5, 0.6) is 0 Å². The molecule has 1 saturated heterocycles. The van der Waals surface area contributed by atoms with Crippen molar-refractivity contribution in [2.24, 2.45) is 5.92 Å². The molecule has 1 atom stereocenters. The fourth-order valence-corrected chi connectivity index (χ4v) is 3.80. The molecule has 3 rings (SSSR count). The molecular weight excluding hydrogens is 288 g/mol. The molecule has 1 aromatic rings. The lowest BCUT2D eigenvalue weighted by molar-refractivity contribution is -0.135. The van der Waals surface area contributed by atoms with Gasteiger partial charge in [0.15, 0.2) is 0 Å². The number of aromatic nitrogens is 1. The molecule has 1 aliphatic carbocycles. The van der Waals surface area contributed by atoms with E-state index < -0.39 is 0 Å². The predicted molar refractivity (Wildman–Crippen MR) is 90.0 cm³/mol. The van der Waals surface area contributed by atoms with E-state index in [1.54, 1.807) is 12.4 Å². The summed E-state index contributed by atoms with van der Waals surface area (Å²) in [5, 5.41) is 0. The molecule has 2 heterocycles. The first-order valence-corrected chi connectivity index (χ1v) is 9.02. The summed E-state index contributed by atoms with van der Waals surface area (Å²) < 4.78 is 5.79. The van der Waals surface area contributed by atoms with E-state index in [0.29, 0.717) is 12.5 Å². The van der Waals surface area contributed by atoms with Crippen LogP contribution in [0.15, 0.2) is 24.5 Å². The van der Waals surface area contributed by atoms with Crippen LogP contribution in [0.1, 0.15) is 51.0 Å². The maximum atomic E-state index is 12.9. The summed E-state index contributed by atoms with van der Waals surface area (Å²) in [5.41, 5.74) is 0.999. The van der Waals surface area contributed by atoms with Crippen molar-refractivity contribution in [1.29, 1.82) is 0 Å². The second kappa shape index (κ2) is 7.91. The molecule has 1 amide bonds. The van der Waals surface area contributed by atoms with Crippen molar-refractivity contribution < 1.29 is 9.53 Å². The number of carbonyl (C=O) groups excluding carboxylic acids is 1. The molecule has 4 heteroatoms. The highest BCUT2D eigenvalue weighted by Crippen LogP contribution is 2.28. The fourth-order valence-electron chi connectivity index (χ4n) is 3.80. The molecule has 126 valence electrons. The van der Waals surface area contributed by atoms with Crippen LogP contribution in [0.25, 0.3) is 0 Å². The molecule has 0 aromatic carbocycles. The number of ether oxygens (including phenoxy) is 1. The van der Waals surface area contributed by atoms with E-state index in [0.717, 1.165) is 50.3 Å². The Bertz CT molecular complexity index is 491. The first-order chi connectivity index (χ1) is 11.2. The molecule has 1 aliphatic heterocycles. The molecular formula is C19H28N2O2. The minimum atomic E-state index is 0.229. The third kappa shape index (κ3) is 4.54. The molecule has 1 saturated carbocycles. The predicted octanol–water partition coefficient (Wildman–Crippen LogP) is 3.21. The first-order valence-electron chi connectivity index (χ1n) is 9.02. The minimum absolute atomic E-state index is 0.229. The van der Waals surface area contributed by atoms with Crippen molar-refractivity contribution >= 4 is 5.91 Å². The van der Waals surface area contributed by atoms with Gasteiger partial charge in [-0.3, -0.25) is 9.78 Å². The van der Waals surface area contributed by atoms with Crippen molar-refractivity contribution in [1.82, 2.24) is 9.88 Å². The van der Waals surface area contributed by atoms with Gasteiger partial charge in [0.2, 0.25) is 5.91 Å². The van der Waals surface area contributed by atoms with E-state index in [-0.39, 0.29) is 12.0 Å². The van der Waals surface area contributed by atoms with Gasteiger partial charge in [0.05, 0.1) is 12.5 Å². The van der Waals surface area contributed by atoms with E-state index in [1.165, 1.54) is 12.8 Å². The summed E-state index contributed by atoms with van der Waals surface area (Å²) in [6.07, 6.45) is 11.2. The summed E-state index contributed by atoms with van der Waals surface area (Å²) in [4.78, 5) is 19.2. The second-order valence-corrected chi connectivity index (χ2v) is 7.13. The van der Waals surface area contributed by atoms with Gasteiger partial charge in [-0.25, -0.2) is 0 Å². The quantitative estimate of drug-likeness (QED) is 0.837. The summed E-state index contributed by atoms with van der Waals surface area (Å²) in [6, 6.07) is 4.27. The SMILES string of the molecule is CC1CCC(N(C[C@@H]2CCCO2)C(=O)Cc2cccnc2)CC1. The molecule has 0 bridgehead atoms. The zero-order valence-corrected chi connectivity index (χ0v) is 14.1. The van der Waals surface area contributed by atoms with Gasteiger partial charge < -0.3 is 9.64 Å². The van der Waals surface area contributed by atoms with Gasteiger partial charge in [-0.05, 0) is 56.1 Å². The lowest BCUT2D eigenvalue weighted by atomic mass is 9.86. The number of pyridine rings is 1. The van der Waals surface area contributed by atoms with E-state index >= 15 is 0 Å². The average Bonchev–Trinajstić information content (AvgIpc) is 3.08.